The molecule has 130 valence electrons. The molecular formula is C15H21ClN6O2. The van der Waals surface area contributed by atoms with E-state index in [0.717, 1.165) is 5.70 Å². The quantitative estimate of drug-likeness (QED) is 0.645. The van der Waals surface area contributed by atoms with Crippen LogP contribution in [0.5, 0.6) is 0 Å². The molecule has 4 N–H and O–H groups in total. The number of anilines is 2. The molecule has 0 unspecified atom stereocenters. The van der Waals surface area contributed by atoms with Crippen LogP contribution in [0.3, 0.4) is 0 Å². The molecule has 0 amide bonds. The number of nitrogens with zero attached hydrogens (tertiary/aromatic N) is 2. The highest BCUT2D eigenvalue weighted by Gasteiger charge is 2.22. The fraction of sp³-hybridized carbons (Fsp3) is 0.533. The summed E-state index contributed by atoms with van der Waals surface area (Å²) in [7, 11) is 0. The maximum atomic E-state index is 8.23. The van der Waals surface area contributed by atoms with Gasteiger partial charge in [-0.1, -0.05) is 11.6 Å². The first-order chi connectivity index (χ1) is 11.5. The van der Waals surface area contributed by atoms with Gasteiger partial charge in [0.1, 0.15) is 10.7 Å². The molecule has 0 radical (unpaired) electrons. The predicted octanol–water partition coefficient (Wildman–Crippen LogP) is 1.96. The van der Waals surface area contributed by atoms with Crippen molar-refractivity contribution in [1.82, 2.24) is 15.3 Å². The fourth-order valence-corrected chi connectivity index (χ4v) is 2.52. The maximum absolute atomic E-state index is 8.23. The second kappa shape index (κ2) is 7.23. The summed E-state index contributed by atoms with van der Waals surface area (Å²) in [4.78, 5) is 8.59. The predicted molar refractivity (Wildman–Crippen MR) is 92.5 cm³/mol. The van der Waals surface area contributed by atoms with Gasteiger partial charge in [-0.25, -0.2) is 4.98 Å². The van der Waals surface area contributed by atoms with Gasteiger partial charge in [-0.15, -0.1) is 0 Å². The van der Waals surface area contributed by atoms with Crippen molar-refractivity contribution >= 4 is 29.3 Å². The van der Waals surface area contributed by atoms with E-state index < -0.39 is 0 Å². The van der Waals surface area contributed by atoms with Crippen LogP contribution < -0.4 is 16.0 Å². The van der Waals surface area contributed by atoms with Crippen molar-refractivity contribution < 1.29 is 9.47 Å². The third kappa shape index (κ3) is 3.88. The van der Waals surface area contributed by atoms with Crippen LogP contribution in [0.2, 0.25) is 5.02 Å². The first-order valence-electron chi connectivity index (χ1n) is 7.86. The van der Waals surface area contributed by atoms with E-state index in [1.165, 1.54) is 6.20 Å². The summed E-state index contributed by atoms with van der Waals surface area (Å²) in [5.74, 6) is 0.965. The number of allylic oxidation sites excluding steroid dienone is 1. The number of hydrogen-bond donors (Lipinski definition) is 4. The van der Waals surface area contributed by atoms with E-state index in [-0.39, 0.29) is 18.0 Å². The fourth-order valence-electron chi connectivity index (χ4n) is 2.37. The Labute approximate surface area is 145 Å². The van der Waals surface area contributed by atoms with Crippen molar-refractivity contribution in [2.45, 2.75) is 32.4 Å². The zero-order valence-electron chi connectivity index (χ0n) is 13.6. The molecule has 1 aromatic heterocycles. The molecule has 0 spiro atoms. The zero-order valence-corrected chi connectivity index (χ0v) is 14.4. The first kappa shape index (κ1) is 16.8. The third-order valence-corrected chi connectivity index (χ3v) is 4.10. The summed E-state index contributed by atoms with van der Waals surface area (Å²) >= 11 is 6.15. The molecule has 3 rings (SSSR count). The first-order valence-corrected chi connectivity index (χ1v) is 8.23. The largest absolute Gasteiger partial charge is 0.476 e. The minimum absolute atomic E-state index is 0.0504. The van der Waals surface area contributed by atoms with Crippen molar-refractivity contribution in [2.24, 2.45) is 0 Å². The van der Waals surface area contributed by atoms with Crippen molar-refractivity contribution in [2.75, 3.05) is 30.5 Å². The summed E-state index contributed by atoms with van der Waals surface area (Å²) < 4.78 is 10.8. The van der Waals surface area contributed by atoms with Crippen LogP contribution >= 0.6 is 11.6 Å². The molecule has 3 heterocycles. The Bertz CT molecular complexity index is 661. The second-order valence-electron chi connectivity index (χ2n) is 5.91. The van der Waals surface area contributed by atoms with E-state index in [4.69, 9.17) is 26.5 Å². The van der Waals surface area contributed by atoms with E-state index in [0.29, 0.717) is 48.7 Å². The van der Waals surface area contributed by atoms with Gasteiger partial charge in [0.05, 0.1) is 32.1 Å². The molecule has 1 aromatic rings. The van der Waals surface area contributed by atoms with Crippen LogP contribution in [-0.4, -0.2) is 47.8 Å². The number of ether oxygens (including phenoxy) is 2. The molecule has 0 aromatic carbocycles. The van der Waals surface area contributed by atoms with Gasteiger partial charge in [-0.05, 0) is 13.8 Å². The molecule has 0 saturated carbocycles. The molecule has 24 heavy (non-hydrogen) atoms. The molecule has 2 bridgehead atoms. The van der Waals surface area contributed by atoms with Crippen LogP contribution in [-0.2, 0) is 9.47 Å². The minimum Gasteiger partial charge on any atom is -0.476 e. The molecule has 1 fully saturated rings. The minimum atomic E-state index is 0.0504. The SMILES string of the molecule is C/C(NC1COC1)=C1\Nc2ncc(Cl)c(n2)N[C@H](C)CCOC1=N. The lowest BCUT2D eigenvalue weighted by Gasteiger charge is -2.29. The molecule has 8 nitrogen and oxygen atoms in total. The van der Waals surface area contributed by atoms with Crippen LogP contribution in [0.1, 0.15) is 20.3 Å². The summed E-state index contributed by atoms with van der Waals surface area (Å²) in [5.41, 5.74) is 1.29. The van der Waals surface area contributed by atoms with Gasteiger partial charge in [0.25, 0.3) is 0 Å². The Kier molecular flexibility index (Phi) is 5.06. The van der Waals surface area contributed by atoms with Gasteiger partial charge < -0.3 is 25.4 Å². The summed E-state index contributed by atoms with van der Waals surface area (Å²) in [6, 6.07) is 0.351. The Morgan fingerprint density at radius 3 is 2.96 bits per heavy atom. The normalized spacial score (nSPS) is 23.8. The lowest BCUT2D eigenvalue weighted by Crippen LogP contribution is -2.45. The molecular weight excluding hydrogens is 332 g/mol. The standard InChI is InChI=1S/C15H21ClN6O2/c1-8-3-4-24-13(17)12(9(2)20-10-6-23-7-10)21-15-18-5-11(16)14(19-8)22-15/h5,8,10,17,20H,3-4,6-7H2,1-2H3,(H2,18,19,21,22)/b12-9+,17-13?/t8-/m1/s1. The van der Waals surface area contributed by atoms with E-state index in [1.54, 1.807) is 0 Å². The van der Waals surface area contributed by atoms with E-state index >= 15 is 0 Å². The number of fused-ring (bicyclic) bond motifs is 2. The molecule has 0 aliphatic carbocycles. The Hall–Kier alpha value is -2.06. The summed E-state index contributed by atoms with van der Waals surface area (Å²) in [5, 5.41) is 18.3. The van der Waals surface area contributed by atoms with Crippen LogP contribution in [0, 0.1) is 5.41 Å². The highest BCUT2D eigenvalue weighted by molar-refractivity contribution is 6.32. The average molecular weight is 353 g/mol. The number of halogens is 1. The van der Waals surface area contributed by atoms with Crippen LogP contribution in [0.15, 0.2) is 17.6 Å². The Morgan fingerprint density at radius 2 is 2.25 bits per heavy atom. The van der Waals surface area contributed by atoms with Gasteiger partial charge in [0, 0.05) is 18.2 Å². The Balaban J connectivity index is 1.90. The van der Waals surface area contributed by atoms with Crippen LogP contribution in [0.25, 0.3) is 0 Å². The lowest BCUT2D eigenvalue weighted by molar-refractivity contribution is -0.000816. The van der Waals surface area contributed by atoms with E-state index in [9.17, 15) is 0 Å². The highest BCUT2D eigenvalue weighted by Crippen LogP contribution is 2.22. The molecule has 2 aliphatic heterocycles. The summed E-state index contributed by atoms with van der Waals surface area (Å²) in [6.45, 7) is 5.62. The van der Waals surface area contributed by atoms with E-state index in [2.05, 4.69) is 25.9 Å². The van der Waals surface area contributed by atoms with Crippen molar-refractivity contribution in [1.29, 1.82) is 5.41 Å². The average Bonchev–Trinajstić information content (AvgIpc) is 2.52. The number of hydrogen-bond acceptors (Lipinski definition) is 8. The highest BCUT2D eigenvalue weighted by atomic mass is 35.5. The smallest absolute Gasteiger partial charge is 0.232 e. The van der Waals surface area contributed by atoms with Gasteiger partial charge in [-0.3, -0.25) is 5.41 Å². The van der Waals surface area contributed by atoms with Gasteiger partial charge in [0.15, 0.2) is 5.82 Å². The number of nitrogens with one attached hydrogen (secondary N) is 4. The van der Waals surface area contributed by atoms with Gasteiger partial charge in [-0.2, -0.15) is 4.98 Å². The second-order valence-corrected chi connectivity index (χ2v) is 6.31. The zero-order chi connectivity index (χ0) is 17.1. The number of aromatic nitrogens is 2. The van der Waals surface area contributed by atoms with Crippen molar-refractivity contribution in [3.05, 3.63) is 22.6 Å². The summed E-state index contributed by atoms with van der Waals surface area (Å²) in [6.07, 6.45) is 2.25. The van der Waals surface area contributed by atoms with Gasteiger partial charge >= 0.3 is 0 Å². The molecule has 1 atom stereocenters. The van der Waals surface area contributed by atoms with Crippen molar-refractivity contribution in [3.8, 4) is 0 Å². The van der Waals surface area contributed by atoms with Crippen molar-refractivity contribution in [3.63, 3.8) is 0 Å². The van der Waals surface area contributed by atoms with Crippen LogP contribution in [0.4, 0.5) is 11.8 Å². The molecule has 1 saturated heterocycles. The Morgan fingerprint density at radius 1 is 1.46 bits per heavy atom. The topological polar surface area (TPSA) is 104 Å². The monoisotopic (exact) mass is 352 g/mol. The molecule has 2 aliphatic rings. The maximum Gasteiger partial charge on any atom is 0.232 e. The van der Waals surface area contributed by atoms with Gasteiger partial charge in [0.2, 0.25) is 11.8 Å². The molecule has 9 heteroatoms. The third-order valence-electron chi connectivity index (χ3n) is 3.82. The lowest BCUT2D eigenvalue weighted by atomic mass is 10.2. The number of rotatable bonds is 2. The van der Waals surface area contributed by atoms with E-state index in [1.807, 2.05) is 13.8 Å².